The molecule has 0 unspecified atom stereocenters. The molecule has 60 valence electrons. The highest BCUT2D eigenvalue weighted by atomic mass is 35.5. The quantitative estimate of drug-likeness (QED) is 0.455. The van der Waals surface area contributed by atoms with Crippen LogP contribution in [0, 0.1) is 0 Å². The van der Waals surface area contributed by atoms with Crippen molar-refractivity contribution in [2.45, 2.75) is 0 Å². The van der Waals surface area contributed by atoms with E-state index in [9.17, 15) is 0 Å². The second-order valence-electron chi connectivity index (χ2n) is 1.78. The van der Waals surface area contributed by atoms with Crippen LogP contribution in [0.2, 0.25) is 25.1 Å². The molecule has 0 aliphatic heterocycles. The molecule has 0 aliphatic carbocycles. The fourth-order valence-electron chi connectivity index (χ4n) is 0.544. The van der Waals surface area contributed by atoms with E-state index >= 15 is 0 Å². The van der Waals surface area contributed by atoms with E-state index in [4.69, 9.17) is 58.0 Å². The van der Waals surface area contributed by atoms with Gasteiger partial charge in [0.1, 0.15) is 0 Å². The Morgan fingerprint density at radius 2 is 1.00 bits per heavy atom. The molecule has 0 aliphatic rings. The van der Waals surface area contributed by atoms with Crippen LogP contribution in [0.5, 0.6) is 0 Å². The Labute approximate surface area is 88.9 Å². The molecular formula is C6HCl5. The number of hydrogen-bond donors (Lipinski definition) is 0. The molecule has 0 bridgehead atoms. The largest absolute Gasteiger partial charge is 0.0826 e. The molecule has 0 nitrogen and oxygen atoms in total. The lowest BCUT2D eigenvalue weighted by atomic mass is 11.3. The van der Waals surface area contributed by atoms with Crippen molar-refractivity contribution in [2.75, 3.05) is 0 Å². The summed E-state index contributed by atoms with van der Waals surface area (Å²) in [7, 11) is 0. The van der Waals surface area contributed by atoms with Crippen LogP contribution in [0.4, 0.5) is 0 Å². The second kappa shape index (κ2) is 3.59. The predicted molar refractivity (Wildman–Crippen MR) is 51.5 cm³/mol. The normalized spacial score (nSPS) is 10.3. The molecular weight excluding hydrogens is 255 g/mol. The zero-order valence-electron chi connectivity index (χ0n) is 4.97. The zero-order chi connectivity index (χ0) is 8.59. The van der Waals surface area contributed by atoms with E-state index in [1.807, 2.05) is 0 Å². The molecule has 5 heteroatoms. The highest BCUT2D eigenvalue weighted by molar-refractivity contribution is 6.54. The van der Waals surface area contributed by atoms with Crippen molar-refractivity contribution < 1.29 is 0 Å². The van der Waals surface area contributed by atoms with Crippen molar-refractivity contribution in [3.63, 3.8) is 0 Å². The maximum Gasteiger partial charge on any atom is 0.0808 e. The molecule has 0 N–H and O–H groups in total. The van der Waals surface area contributed by atoms with E-state index in [1.165, 1.54) is 6.07 Å². The molecule has 0 spiro atoms. The average molecular weight is 256 g/mol. The first-order chi connectivity index (χ1) is 5.04. The smallest absolute Gasteiger partial charge is 0.0808 e. The van der Waals surface area contributed by atoms with Crippen molar-refractivity contribution in [3.8, 4) is 0 Å². The summed E-state index contributed by atoms with van der Waals surface area (Å²) in [6.45, 7) is 0. The lowest BCUT2D eigenvalue weighted by Crippen LogP contribution is -1.75. The molecule has 1 aromatic carbocycles. The van der Waals surface area contributed by atoms with Gasteiger partial charge in [0.05, 0.1) is 25.1 Å². The summed E-state index contributed by atoms with van der Waals surface area (Å²) in [6.07, 6.45) is 0. The van der Waals surface area contributed by atoms with Gasteiger partial charge in [-0.05, 0) is 6.07 Å². The van der Waals surface area contributed by atoms with Gasteiger partial charge in [-0.3, -0.25) is 0 Å². The van der Waals surface area contributed by atoms with Gasteiger partial charge in [-0.15, -0.1) is 0 Å². The molecule has 0 atom stereocenters. The Kier molecular flexibility index (Phi) is 3.18. The van der Waals surface area contributed by atoms with E-state index in [1.54, 1.807) is 0 Å². The van der Waals surface area contributed by atoms with Gasteiger partial charge in [0.2, 0.25) is 0 Å². The van der Waals surface area contributed by atoms with Crippen molar-refractivity contribution >= 4 is 58.0 Å². The third-order valence-corrected chi connectivity index (χ3v) is 3.20. The Morgan fingerprint density at radius 1 is 0.636 bits per heavy atom. The van der Waals surface area contributed by atoms with E-state index in [-0.39, 0.29) is 15.1 Å². The molecule has 0 amide bonds. The lowest BCUT2D eigenvalue weighted by Gasteiger charge is -2.02. The first kappa shape index (κ1) is 9.76. The second-order valence-corrected chi connectivity index (χ2v) is 3.73. The van der Waals surface area contributed by atoms with Crippen LogP contribution < -0.4 is 0 Å². The summed E-state index contributed by atoms with van der Waals surface area (Å²) >= 11 is 28.2. The molecule has 1 rings (SSSR count). The van der Waals surface area contributed by atoms with Gasteiger partial charge >= 0.3 is 0 Å². The van der Waals surface area contributed by atoms with Crippen molar-refractivity contribution in [3.05, 3.63) is 31.2 Å². The minimum atomic E-state index is 0.186. The summed E-state index contributed by atoms with van der Waals surface area (Å²) in [6, 6.07) is 1.44. The molecule has 0 saturated carbocycles. The van der Waals surface area contributed by atoms with Crippen molar-refractivity contribution in [1.29, 1.82) is 0 Å². The Hall–Kier alpha value is 0.670. The summed E-state index contributed by atoms with van der Waals surface area (Å²) in [4.78, 5) is 0. The van der Waals surface area contributed by atoms with Gasteiger partial charge in [-0.25, -0.2) is 0 Å². The summed E-state index contributed by atoms with van der Waals surface area (Å²) in [5.41, 5.74) is 0. The van der Waals surface area contributed by atoms with Crippen LogP contribution in [0.1, 0.15) is 0 Å². The Bertz CT molecular complexity index is 267. The van der Waals surface area contributed by atoms with Crippen LogP contribution in [0.15, 0.2) is 6.07 Å². The average Bonchev–Trinajstić information content (AvgIpc) is 1.97. The van der Waals surface area contributed by atoms with E-state index in [0.717, 1.165) is 0 Å². The van der Waals surface area contributed by atoms with Gasteiger partial charge in [0, 0.05) is 0 Å². The molecule has 0 heterocycles. The maximum atomic E-state index is 5.66. The third kappa shape index (κ3) is 1.88. The van der Waals surface area contributed by atoms with Gasteiger partial charge in [0.15, 0.2) is 0 Å². The summed E-state index contributed by atoms with van der Waals surface area (Å²) in [5.74, 6) is 0. The summed E-state index contributed by atoms with van der Waals surface area (Å²) in [5, 5.41) is 1.23. The monoisotopic (exact) mass is 254 g/mol. The highest BCUT2D eigenvalue weighted by Crippen LogP contribution is 2.40. The van der Waals surface area contributed by atoms with E-state index < -0.39 is 0 Å². The summed E-state index contributed by atoms with van der Waals surface area (Å²) < 4.78 is 0. The number of benzene rings is 1. The van der Waals surface area contributed by atoms with Crippen LogP contribution in [-0.2, 0) is 0 Å². The standard InChI is InChI=1S/C6HCl5/c7-2-1-3(8)5(10)6(11)4(2)9/h1H/i1+1,2+1,3+1,4+1,5+1,6+1. The van der Waals surface area contributed by atoms with Crippen molar-refractivity contribution in [2.24, 2.45) is 0 Å². The maximum absolute atomic E-state index is 5.66. The van der Waals surface area contributed by atoms with Crippen LogP contribution >= 0.6 is 58.0 Å². The highest BCUT2D eigenvalue weighted by Gasteiger charge is 2.10. The predicted octanol–water partition coefficient (Wildman–Crippen LogP) is 4.95. The van der Waals surface area contributed by atoms with E-state index in [2.05, 4.69) is 0 Å². The Morgan fingerprint density at radius 3 is 1.36 bits per heavy atom. The minimum absolute atomic E-state index is 0.186. The molecule has 0 saturated heterocycles. The Balaban J connectivity index is 3.46. The molecule has 11 heavy (non-hydrogen) atoms. The number of halogens is 5. The van der Waals surface area contributed by atoms with E-state index in [0.29, 0.717) is 10.0 Å². The number of hydrogen-bond acceptors (Lipinski definition) is 0. The first-order valence-corrected chi connectivity index (χ1v) is 4.41. The third-order valence-electron chi connectivity index (χ3n) is 1.06. The van der Waals surface area contributed by atoms with Crippen LogP contribution in [0.25, 0.3) is 0 Å². The topological polar surface area (TPSA) is 0 Å². The van der Waals surface area contributed by atoms with Crippen molar-refractivity contribution in [1.82, 2.24) is 0 Å². The number of rotatable bonds is 0. The molecule has 0 fully saturated rings. The lowest BCUT2D eigenvalue weighted by molar-refractivity contribution is 1.70. The van der Waals surface area contributed by atoms with Gasteiger partial charge in [0.25, 0.3) is 0 Å². The van der Waals surface area contributed by atoms with Gasteiger partial charge in [-0.1, -0.05) is 58.0 Å². The zero-order valence-corrected chi connectivity index (χ0v) is 8.75. The molecule has 0 radical (unpaired) electrons. The fraction of sp³-hybridized carbons (Fsp3) is 0. The fourth-order valence-corrected chi connectivity index (χ4v) is 1.65. The molecule has 1 aromatic rings. The first-order valence-electron chi connectivity index (χ1n) is 2.52. The minimum Gasteiger partial charge on any atom is -0.0826 e. The van der Waals surface area contributed by atoms with Crippen LogP contribution in [0.3, 0.4) is 0 Å². The van der Waals surface area contributed by atoms with Crippen LogP contribution in [-0.4, -0.2) is 0 Å². The molecule has 0 aromatic heterocycles. The van der Waals surface area contributed by atoms with Gasteiger partial charge < -0.3 is 0 Å². The van der Waals surface area contributed by atoms with Gasteiger partial charge in [-0.2, -0.15) is 0 Å². The SMILES string of the molecule is Cl[13c]1[13cH][13c](Cl)[13c](Cl)[13c](Cl)[13c]1Cl.